The summed E-state index contributed by atoms with van der Waals surface area (Å²) in [6, 6.07) is 4.13. The van der Waals surface area contributed by atoms with Gasteiger partial charge in [-0.1, -0.05) is 47.6 Å². The Morgan fingerprint density at radius 3 is 1.44 bits per heavy atom. The van der Waals surface area contributed by atoms with Crippen molar-refractivity contribution in [2.45, 2.75) is 59.3 Å². The fourth-order valence-corrected chi connectivity index (χ4v) is 2.10. The minimum atomic E-state index is 0.374. The molecule has 0 saturated heterocycles. The summed E-state index contributed by atoms with van der Waals surface area (Å²) in [5.74, 6) is 1.79. The van der Waals surface area contributed by atoms with Crippen LogP contribution in [0.25, 0.3) is 0 Å². The lowest BCUT2D eigenvalue weighted by Gasteiger charge is -2.20. The maximum Gasteiger partial charge on any atom is 0.119 e. The van der Waals surface area contributed by atoms with Gasteiger partial charge >= 0.3 is 0 Å². The van der Waals surface area contributed by atoms with Crippen molar-refractivity contribution >= 4 is 0 Å². The summed E-state index contributed by atoms with van der Waals surface area (Å²) in [4.78, 5) is 0. The summed E-state index contributed by atoms with van der Waals surface area (Å²) < 4.78 is 0. The van der Waals surface area contributed by atoms with Crippen molar-refractivity contribution in [3.63, 3.8) is 0 Å². The van der Waals surface area contributed by atoms with Gasteiger partial charge in [0, 0.05) is 0 Å². The molecule has 0 heterocycles. The highest BCUT2D eigenvalue weighted by Crippen LogP contribution is 2.35. The van der Waals surface area contributed by atoms with Crippen molar-refractivity contribution in [1.29, 1.82) is 0 Å². The van der Waals surface area contributed by atoms with Crippen LogP contribution < -0.4 is 0 Å². The second-order valence-corrected chi connectivity index (χ2v) is 5.50. The van der Waals surface area contributed by atoms with Crippen LogP contribution in [0.1, 0.15) is 76.0 Å². The highest BCUT2D eigenvalue weighted by atomic mass is 16.3. The van der Waals surface area contributed by atoms with E-state index in [1.54, 1.807) is 0 Å². The summed E-state index contributed by atoms with van der Waals surface area (Å²) in [7, 11) is 0. The second-order valence-electron chi connectivity index (χ2n) is 5.50. The Balaban J connectivity index is 3.37. The van der Waals surface area contributed by atoms with Gasteiger partial charge in [-0.25, -0.2) is 0 Å². The lowest BCUT2D eigenvalue weighted by Crippen LogP contribution is -2.01. The molecule has 1 rings (SSSR count). The van der Waals surface area contributed by atoms with Gasteiger partial charge in [-0.2, -0.15) is 0 Å². The van der Waals surface area contributed by atoms with Crippen molar-refractivity contribution in [3.05, 3.63) is 28.8 Å². The fourth-order valence-electron chi connectivity index (χ4n) is 2.10. The summed E-state index contributed by atoms with van der Waals surface area (Å²) >= 11 is 0. The van der Waals surface area contributed by atoms with Crippen LogP contribution in [0.4, 0.5) is 0 Å². The van der Waals surface area contributed by atoms with E-state index in [9.17, 15) is 5.11 Å². The number of aromatic hydroxyl groups is 1. The number of hydrogen-bond donors (Lipinski definition) is 1. The summed E-state index contributed by atoms with van der Waals surface area (Å²) in [5.41, 5.74) is 3.71. The van der Waals surface area contributed by atoms with Crippen LogP contribution in [0.2, 0.25) is 0 Å². The van der Waals surface area contributed by atoms with E-state index in [0.29, 0.717) is 23.5 Å². The molecule has 1 aromatic carbocycles. The highest BCUT2D eigenvalue weighted by Gasteiger charge is 2.15. The maximum atomic E-state index is 10.0. The average molecular weight is 220 g/mol. The Morgan fingerprint density at radius 1 is 0.688 bits per heavy atom. The van der Waals surface area contributed by atoms with Crippen LogP contribution in [0.3, 0.4) is 0 Å². The van der Waals surface area contributed by atoms with E-state index in [1.807, 2.05) is 6.07 Å². The zero-order chi connectivity index (χ0) is 12.5. The Bertz CT molecular complexity index is 362. The molecule has 1 aromatic rings. The van der Waals surface area contributed by atoms with Gasteiger partial charge in [0.15, 0.2) is 0 Å². The van der Waals surface area contributed by atoms with E-state index in [0.717, 1.165) is 5.56 Å². The molecule has 0 spiro atoms. The van der Waals surface area contributed by atoms with Crippen molar-refractivity contribution in [2.75, 3.05) is 0 Å². The van der Waals surface area contributed by atoms with Gasteiger partial charge in [0.05, 0.1) is 0 Å². The SMILES string of the molecule is CC(C)c1cc(C(C)C)c(C(C)C)cc1O. The standard InChI is InChI=1S/C15H24O/c1-9(2)12-7-14(11(5)6)15(16)8-13(12)10(3)4/h7-11,16H,1-6H3. The maximum absolute atomic E-state index is 10.0. The van der Waals surface area contributed by atoms with Crippen LogP contribution in [0, 0.1) is 0 Å². The van der Waals surface area contributed by atoms with E-state index >= 15 is 0 Å². The molecule has 0 bridgehead atoms. The first kappa shape index (κ1) is 13.1. The van der Waals surface area contributed by atoms with E-state index in [4.69, 9.17) is 0 Å². The first-order valence-corrected chi connectivity index (χ1v) is 6.21. The predicted molar refractivity (Wildman–Crippen MR) is 70.4 cm³/mol. The first-order valence-electron chi connectivity index (χ1n) is 6.21. The van der Waals surface area contributed by atoms with Gasteiger partial charge in [-0.05, 0) is 40.5 Å². The van der Waals surface area contributed by atoms with Crippen LogP contribution >= 0.6 is 0 Å². The van der Waals surface area contributed by atoms with Crippen LogP contribution in [-0.2, 0) is 0 Å². The molecule has 1 nitrogen and oxygen atoms in total. The van der Waals surface area contributed by atoms with Gasteiger partial charge in [0.25, 0.3) is 0 Å². The molecule has 0 aliphatic rings. The largest absolute Gasteiger partial charge is 0.508 e. The average Bonchev–Trinajstić information content (AvgIpc) is 2.15. The smallest absolute Gasteiger partial charge is 0.119 e. The van der Waals surface area contributed by atoms with Crippen LogP contribution in [0.5, 0.6) is 5.75 Å². The second kappa shape index (κ2) is 4.90. The highest BCUT2D eigenvalue weighted by molar-refractivity contribution is 5.45. The van der Waals surface area contributed by atoms with Crippen molar-refractivity contribution < 1.29 is 5.11 Å². The molecule has 0 fully saturated rings. The molecule has 90 valence electrons. The molecule has 0 aliphatic heterocycles. The molecular formula is C15H24O. The summed E-state index contributed by atoms with van der Waals surface area (Å²) in [6.45, 7) is 13.0. The first-order chi connectivity index (χ1) is 7.34. The third-order valence-electron chi connectivity index (χ3n) is 3.10. The topological polar surface area (TPSA) is 20.2 Å². The van der Waals surface area contributed by atoms with E-state index < -0.39 is 0 Å². The van der Waals surface area contributed by atoms with Gasteiger partial charge in [0.1, 0.15) is 5.75 Å². The number of phenolic OH excluding ortho intramolecular Hbond substituents is 1. The summed E-state index contributed by atoms with van der Waals surface area (Å²) in [5, 5.41) is 10.0. The van der Waals surface area contributed by atoms with Crippen LogP contribution in [-0.4, -0.2) is 5.11 Å². The van der Waals surface area contributed by atoms with E-state index in [2.05, 4.69) is 47.6 Å². The van der Waals surface area contributed by atoms with Gasteiger partial charge in [0.2, 0.25) is 0 Å². The quantitative estimate of drug-likeness (QED) is 0.778. The third kappa shape index (κ3) is 2.58. The Kier molecular flexibility index (Phi) is 4.01. The van der Waals surface area contributed by atoms with E-state index in [-0.39, 0.29) is 0 Å². The van der Waals surface area contributed by atoms with Gasteiger partial charge in [-0.15, -0.1) is 0 Å². The number of phenols is 1. The Morgan fingerprint density at radius 2 is 1.06 bits per heavy atom. The van der Waals surface area contributed by atoms with Crippen LogP contribution in [0.15, 0.2) is 12.1 Å². The number of benzene rings is 1. The molecule has 0 unspecified atom stereocenters. The van der Waals surface area contributed by atoms with Gasteiger partial charge in [-0.3, -0.25) is 0 Å². The van der Waals surface area contributed by atoms with E-state index in [1.165, 1.54) is 11.1 Å². The zero-order valence-corrected chi connectivity index (χ0v) is 11.3. The van der Waals surface area contributed by atoms with Crippen molar-refractivity contribution in [1.82, 2.24) is 0 Å². The zero-order valence-electron chi connectivity index (χ0n) is 11.3. The third-order valence-corrected chi connectivity index (χ3v) is 3.10. The lowest BCUT2D eigenvalue weighted by atomic mass is 9.86. The minimum Gasteiger partial charge on any atom is -0.508 e. The molecular weight excluding hydrogens is 196 g/mol. The van der Waals surface area contributed by atoms with Gasteiger partial charge < -0.3 is 5.11 Å². The molecule has 1 N–H and O–H groups in total. The Labute approximate surface area is 99.5 Å². The lowest BCUT2D eigenvalue weighted by molar-refractivity contribution is 0.463. The minimum absolute atomic E-state index is 0.374. The molecule has 0 saturated carbocycles. The molecule has 0 aliphatic carbocycles. The molecule has 0 atom stereocenters. The normalized spacial score (nSPS) is 11.8. The molecule has 16 heavy (non-hydrogen) atoms. The number of hydrogen-bond acceptors (Lipinski definition) is 1. The molecule has 0 aromatic heterocycles. The summed E-state index contributed by atoms with van der Waals surface area (Å²) in [6.07, 6.45) is 0. The molecule has 0 amide bonds. The fraction of sp³-hybridized carbons (Fsp3) is 0.600. The molecule has 0 radical (unpaired) electrons. The van der Waals surface area contributed by atoms with Crippen molar-refractivity contribution in [3.8, 4) is 5.75 Å². The number of rotatable bonds is 3. The van der Waals surface area contributed by atoms with Crippen molar-refractivity contribution in [2.24, 2.45) is 0 Å². The molecule has 1 heteroatoms. The predicted octanol–water partition coefficient (Wildman–Crippen LogP) is 4.76. The monoisotopic (exact) mass is 220 g/mol. The Hall–Kier alpha value is -0.980.